The van der Waals surface area contributed by atoms with Gasteiger partial charge in [-0.2, -0.15) is 18.3 Å². The first-order valence-electron chi connectivity index (χ1n) is 11.0. The van der Waals surface area contributed by atoms with E-state index in [0.717, 1.165) is 37.1 Å². The molecule has 0 aliphatic heterocycles. The van der Waals surface area contributed by atoms with Gasteiger partial charge in [-0.25, -0.2) is 9.50 Å². The molecule has 5 rings (SSSR count). The number of anilines is 1. The van der Waals surface area contributed by atoms with Crippen LogP contribution >= 0.6 is 0 Å². The number of hydrogen-bond donors (Lipinski definition) is 1. The number of nitro benzene ring substituents is 1. The van der Waals surface area contributed by atoms with E-state index in [-0.39, 0.29) is 40.1 Å². The predicted molar refractivity (Wildman–Crippen MR) is 124 cm³/mol. The Bertz CT molecular complexity index is 1530. The van der Waals surface area contributed by atoms with Crippen LogP contribution in [0.5, 0.6) is 17.2 Å². The fraction of sp³-hybridized carbons (Fsp3) is 0.208. The van der Waals surface area contributed by atoms with Crippen LogP contribution in [0.3, 0.4) is 0 Å². The van der Waals surface area contributed by atoms with Crippen LogP contribution in [0.25, 0.3) is 5.65 Å². The van der Waals surface area contributed by atoms with E-state index in [0.29, 0.717) is 16.0 Å². The van der Waals surface area contributed by atoms with E-state index < -0.39 is 22.7 Å². The highest BCUT2D eigenvalue weighted by atomic mass is 19.4. The number of carbonyl (C=O) groups is 1. The topological polar surface area (TPSA) is 121 Å². The first-order valence-corrected chi connectivity index (χ1v) is 11.0. The number of nitrogens with one attached hydrogen (secondary N) is 1. The van der Waals surface area contributed by atoms with Gasteiger partial charge in [0.2, 0.25) is 0 Å². The van der Waals surface area contributed by atoms with Crippen molar-refractivity contribution in [2.24, 2.45) is 0 Å². The van der Waals surface area contributed by atoms with Crippen LogP contribution < -0.4 is 14.8 Å². The monoisotopic (exact) mass is 513 g/mol. The molecule has 10 nitrogen and oxygen atoms in total. The second kappa shape index (κ2) is 9.08. The van der Waals surface area contributed by atoms with Crippen molar-refractivity contribution in [3.05, 3.63) is 81.8 Å². The van der Waals surface area contributed by atoms with Gasteiger partial charge in [-0.05, 0) is 31.0 Å². The first-order chi connectivity index (χ1) is 17.6. The number of ether oxygens (including phenoxy) is 2. The van der Waals surface area contributed by atoms with E-state index in [9.17, 15) is 28.1 Å². The van der Waals surface area contributed by atoms with Crippen molar-refractivity contribution in [2.45, 2.75) is 24.9 Å². The van der Waals surface area contributed by atoms with E-state index in [1.165, 1.54) is 13.2 Å². The van der Waals surface area contributed by atoms with Gasteiger partial charge in [0.05, 0.1) is 23.8 Å². The number of aromatic nitrogens is 3. The highest BCUT2D eigenvalue weighted by Crippen LogP contribution is 2.41. The molecule has 0 atom stereocenters. The van der Waals surface area contributed by atoms with Gasteiger partial charge in [0.15, 0.2) is 22.8 Å². The highest BCUT2D eigenvalue weighted by molar-refractivity contribution is 6.03. The van der Waals surface area contributed by atoms with Gasteiger partial charge in [0, 0.05) is 29.8 Å². The van der Waals surface area contributed by atoms with E-state index in [2.05, 4.69) is 15.4 Å². The number of para-hydroxylation sites is 2. The van der Waals surface area contributed by atoms with Crippen LogP contribution in [0.15, 0.2) is 54.6 Å². The first kappa shape index (κ1) is 24.0. The van der Waals surface area contributed by atoms with E-state index in [1.54, 1.807) is 24.3 Å². The van der Waals surface area contributed by atoms with Crippen LogP contribution in [0.2, 0.25) is 0 Å². The molecule has 13 heteroatoms. The molecule has 1 aliphatic carbocycles. The van der Waals surface area contributed by atoms with Crippen molar-refractivity contribution in [2.75, 3.05) is 12.4 Å². The number of carbonyl (C=O) groups excluding carboxylic acids is 1. The van der Waals surface area contributed by atoms with Crippen molar-refractivity contribution in [3.8, 4) is 17.2 Å². The average molecular weight is 513 g/mol. The molecule has 0 unspecified atom stereocenters. The summed E-state index contributed by atoms with van der Waals surface area (Å²) in [7, 11) is 1.43. The molecule has 0 saturated heterocycles. The third kappa shape index (κ3) is 5.01. The molecule has 2 aromatic carbocycles. The standard InChI is InChI=1S/C24H18F3N5O5/c1-36-19-4-2-3-5-20(19)37-16-9-14(8-15(10-16)32(34)35)28-23(33)18-12-22-29-17(13-6-7-13)11-21(24(25,26)27)31(22)30-18/h2-5,8-13H,6-7H2,1H3,(H,28,33). The molecular formula is C24H18F3N5O5. The predicted octanol–water partition coefficient (Wildman–Crippen LogP) is 5.59. The lowest BCUT2D eigenvalue weighted by atomic mass is 10.2. The van der Waals surface area contributed by atoms with Crippen LogP contribution in [0.4, 0.5) is 24.5 Å². The molecule has 1 saturated carbocycles. The lowest BCUT2D eigenvalue weighted by molar-refractivity contribution is -0.384. The summed E-state index contributed by atoms with van der Waals surface area (Å²) in [5.74, 6) is -0.248. The Morgan fingerprint density at radius 1 is 1.14 bits per heavy atom. The number of alkyl halides is 3. The summed E-state index contributed by atoms with van der Waals surface area (Å²) in [4.78, 5) is 27.9. The van der Waals surface area contributed by atoms with Crippen LogP contribution in [0, 0.1) is 10.1 Å². The van der Waals surface area contributed by atoms with Gasteiger partial charge in [0.1, 0.15) is 11.4 Å². The molecule has 1 fully saturated rings. The van der Waals surface area contributed by atoms with Crippen molar-refractivity contribution in [3.63, 3.8) is 0 Å². The lowest BCUT2D eigenvalue weighted by Crippen LogP contribution is -2.16. The minimum absolute atomic E-state index is 0.0242. The zero-order chi connectivity index (χ0) is 26.3. The van der Waals surface area contributed by atoms with Crippen LogP contribution in [0.1, 0.15) is 40.6 Å². The lowest BCUT2D eigenvalue weighted by Gasteiger charge is -2.11. The molecule has 2 aromatic heterocycles. The fourth-order valence-corrected chi connectivity index (χ4v) is 3.74. The maximum absolute atomic E-state index is 13.7. The number of nitrogens with zero attached hydrogens (tertiary/aromatic N) is 4. The zero-order valence-corrected chi connectivity index (χ0v) is 19.2. The summed E-state index contributed by atoms with van der Waals surface area (Å²) in [6.07, 6.45) is -3.22. The highest BCUT2D eigenvalue weighted by Gasteiger charge is 2.37. The van der Waals surface area contributed by atoms with E-state index >= 15 is 0 Å². The number of hydrogen-bond acceptors (Lipinski definition) is 7. The Labute approximate surface area is 206 Å². The molecule has 0 bridgehead atoms. The summed E-state index contributed by atoms with van der Waals surface area (Å²) in [5.41, 5.74) is -1.62. The Balaban J connectivity index is 1.47. The molecule has 2 heterocycles. The van der Waals surface area contributed by atoms with Crippen molar-refractivity contribution < 1.29 is 32.4 Å². The number of non-ortho nitro benzene ring substituents is 1. The molecule has 4 aromatic rings. The minimum Gasteiger partial charge on any atom is -0.493 e. The normalized spacial score (nSPS) is 13.4. The fourth-order valence-electron chi connectivity index (χ4n) is 3.74. The molecular weight excluding hydrogens is 495 g/mol. The molecule has 1 aliphatic rings. The molecule has 37 heavy (non-hydrogen) atoms. The SMILES string of the molecule is COc1ccccc1Oc1cc(NC(=O)c2cc3nc(C4CC4)cc(C(F)(F)F)n3n2)cc([N+](=O)[O-])c1. The second-order valence-electron chi connectivity index (χ2n) is 8.32. The van der Waals surface area contributed by atoms with Crippen molar-refractivity contribution in [1.29, 1.82) is 0 Å². The maximum atomic E-state index is 13.7. The number of halogens is 3. The van der Waals surface area contributed by atoms with Gasteiger partial charge in [-0.3, -0.25) is 14.9 Å². The summed E-state index contributed by atoms with van der Waals surface area (Å²) in [5, 5.41) is 17.7. The summed E-state index contributed by atoms with van der Waals surface area (Å²) >= 11 is 0. The quantitative estimate of drug-likeness (QED) is 0.253. The minimum atomic E-state index is -4.71. The molecule has 1 amide bonds. The molecule has 1 N–H and O–H groups in total. The molecule has 190 valence electrons. The van der Waals surface area contributed by atoms with Crippen molar-refractivity contribution in [1.82, 2.24) is 14.6 Å². The Morgan fingerprint density at radius 3 is 2.51 bits per heavy atom. The number of rotatable bonds is 7. The van der Waals surface area contributed by atoms with Gasteiger partial charge in [-0.15, -0.1) is 0 Å². The largest absolute Gasteiger partial charge is 0.493 e. The van der Waals surface area contributed by atoms with Gasteiger partial charge < -0.3 is 14.8 Å². The Morgan fingerprint density at radius 2 is 1.86 bits per heavy atom. The maximum Gasteiger partial charge on any atom is 0.433 e. The molecule has 0 spiro atoms. The number of nitro groups is 1. The zero-order valence-electron chi connectivity index (χ0n) is 19.2. The number of fused-ring (bicyclic) bond motifs is 1. The number of methoxy groups -OCH3 is 1. The van der Waals surface area contributed by atoms with Gasteiger partial charge in [-0.1, -0.05) is 12.1 Å². The van der Waals surface area contributed by atoms with Gasteiger partial charge in [0.25, 0.3) is 11.6 Å². The second-order valence-corrected chi connectivity index (χ2v) is 8.32. The number of benzene rings is 2. The van der Waals surface area contributed by atoms with Crippen LogP contribution in [-0.2, 0) is 6.18 Å². The Kier molecular flexibility index (Phi) is 5.90. The molecule has 0 radical (unpaired) electrons. The van der Waals surface area contributed by atoms with Crippen molar-refractivity contribution >= 4 is 22.9 Å². The summed E-state index contributed by atoms with van der Waals surface area (Å²) < 4.78 is 52.5. The summed E-state index contributed by atoms with van der Waals surface area (Å²) in [6.45, 7) is 0. The van der Waals surface area contributed by atoms with E-state index in [1.807, 2.05) is 0 Å². The average Bonchev–Trinajstić information content (AvgIpc) is 3.61. The number of amides is 1. The smallest absolute Gasteiger partial charge is 0.433 e. The Hall–Kier alpha value is -4.68. The van der Waals surface area contributed by atoms with E-state index in [4.69, 9.17) is 9.47 Å². The van der Waals surface area contributed by atoms with Gasteiger partial charge >= 0.3 is 6.18 Å². The third-order valence-corrected chi connectivity index (χ3v) is 5.62. The third-order valence-electron chi connectivity index (χ3n) is 5.62. The summed E-state index contributed by atoms with van der Waals surface area (Å²) in [6, 6.07) is 12.3. The van der Waals surface area contributed by atoms with Crippen LogP contribution in [-0.4, -0.2) is 32.5 Å².